The highest BCUT2D eigenvalue weighted by Crippen LogP contribution is 2.09. The van der Waals surface area contributed by atoms with E-state index in [0.717, 1.165) is 0 Å². The van der Waals surface area contributed by atoms with E-state index in [0.29, 0.717) is 5.65 Å². The first-order valence-electron chi connectivity index (χ1n) is 5.82. The van der Waals surface area contributed by atoms with Crippen molar-refractivity contribution in [2.45, 2.75) is 19.9 Å². The molecule has 0 saturated heterocycles. The second-order valence-electron chi connectivity index (χ2n) is 4.48. The molecule has 19 heavy (non-hydrogen) atoms. The number of hydrogen-bond acceptors (Lipinski definition) is 4. The van der Waals surface area contributed by atoms with Gasteiger partial charge in [0.2, 0.25) is 0 Å². The summed E-state index contributed by atoms with van der Waals surface area (Å²) in [6, 6.07) is 0.752. The molecule has 0 aliphatic heterocycles. The zero-order valence-corrected chi connectivity index (χ0v) is 10.6. The number of carbonyl (C=O) groups excluding carboxylic acids is 1. The molecule has 1 atom stereocenters. The summed E-state index contributed by atoms with van der Waals surface area (Å²) in [5.41, 5.74) is 0.653. The summed E-state index contributed by atoms with van der Waals surface area (Å²) in [4.78, 5) is 27.2. The van der Waals surface area contributed by atoms with Crippen LogP contribution in [0.15, 0.2) is 24.7 Å². The van der Waals surface area contributed by atoms with Gasteiger partial charge in [0.1, 0.15) is 11.6 Å². The molecule has 0 aliphatic rings. The fourth-order valence-electron chi connectivity index (χ4n) is 1.72. The first-order chi connectivity index (χ1) is 9.00. The van der Waals surface area contributed by atoms with Gasteiger partial charge in [-0.15, -0.1) is 0 Å². The molecule has 0 spiro atoms. The third-order valence-electron chi connectivity index (χ3n) is 2.74. The van der Waals surface area contributed by atoms with Gasteiger partial charge >= 0.3 is 5.97 Å². The molecule has 2 aromatic heterocycles. The Morgan fingerprint density at radius 3 is 2.79 bits per heavy atom. The van der Waals surface area contributed by atoms with Gasteiger partial charge < -0.3 is 10.4 Å². The average Bonchev–Trinajstić information content (AvgIpc) is 2.78. The SMILES string of the molecule is CC(C)C(NC(=O)c1cnn2cccnc12)C(=O)O. The van der Waals surface area contributed by atoms with Gasteiger partial charge in [0.25, 0.3) is 5.91 Å². The first-order valence-corrected chi connectivity index (χ1v) is 5.82. The third kappa shape index (κ3) is 2.54. The normalized spacial score (nSPS) is 12.6. The highest BCUT2D eigenvalue weighted by Gasteiger charge is 2.25. The second kappa shape index (κ2) is 5.05. The molecular formula is C12H14N4O3. The van der Waals surface area contributed by atoms with Crippen LogP contribution in [0.25, 0.3) is 5.65 Å². The lowest BCUT2D eigenvalue weighted by molar-refractivity contribution is -0.140. The second-order valence-corrected chi connectivity index (χ2v) is 4.48. The smallest absolute Gasteiger partial charge is 0.326 e. The molecule has 1 unspecified atom stereocenters. The van der Waals surface area contributed by atoms with E-state index in [9.17, 15) is 9.59 Å². The van der Waals surface area contributed by atoms with E-state index in [-0.39, 0.29) is 11.5 Å². The molecule has 1 amide bonds. The van der Waals surface area contributed by atoms with E-state index in [4.69, 9.17) is 5.11 Å². The monoisotopic (exact) mass is 262 g/mol. The van der Waals surface area contributed by atoms with Crippen molar-refractivity contribution < 1.29 is 14.7 Å². The van der Waals surface area contributed by atoms with Crippen molar-refractivity contribution in [1.82, 2.24) is 19.9 Å². The lowest BCUT2D eigenvalue weighted by Gasteiger charge is -2.17. The number of aromatic nitrogens is 3. The summed E-state index contributed by atoms with van der Waals surface area (Å²) in [6.45, 7) is 3.46. The maximum atomic E-state index is 12.1. The molecule has 2 rings (SSSR count). The number of nitrogens with one attached hydrogen (secondary N) is 1. The van der Waals surface area contributed by atoms with E-state index in [1.807, 2.05) is 0 Å². The van der Waals surface area contributed by atoms with Gasteiger partial charge in [-0.3, -0.25) is 4.79 Å². The molecule has 0 fully saturated rings. The number of amides is 1. The van der Waals surface area contributed by atoms with Gasteiger partial charge in [-0.25, -0.2) is 14.3 Å². The quantitative estimate of drug-likeness (QED) is 0.839. The minimum Gasteiger partial charge on any atom is -0.480 e. The molecule has 0 radical (unpaired) electrons. The average molecular weight is 262 g/mol. The minimum absolute atomic E-state index is 0.212. The Morgan fingerprint density at radius 2 is 2.16 bits per heavy atom. The van der Waals surface area contributed by atoms with E-state index in [2.05, 4.69) is 15.4 Å². The maximum Gasteiger partial charge on any atom is 0.326 e. The van der Waals surface area contributed by atoms with Gasteiger partial charge in [-0.2, -0.15) is 5.10 Å². The molecule has 100 valence electrons. The van der Waals surface area contributed by atoms with Crippen LogP contribution in [0.4, 0.5) is 0 Å². The van der Waals surface area contributed by atoms with Gasteiger partial charge in [0.05, 0.1) is 6.20 Å². The molecule has 0 aliphatic carbocycles. The van der Waals surface area contributed by atoms with Crippen molar-refractivity contribution >= 4 is 17.5 Å². The van der Waals surface area contributed by atoms with Crippen LogP contribution in [-0.4, -0.2) is 37.6 Å². The molecule has 0 aromatic carbocycles. The van der Waals surface area contributed by atoms with Crippen molar-refractivity contribution in [3.8, 4) is 0 Å². The van der Waals surface area contributed by atoms with Crippen LogP contribution < -0.4 is 5.32 Å². The Balaban J connectivity index is 2.27. The number of hydrogen-bond donors (Lipinski definition) is 2. The number of fused-ring (bicyclic) bond motifs is 1. The van der Waals surface area contributed by atoms with Crippen LogP contribution in [0.5, 0.6) is 0 Å². The fourth-order valence-corrected chi connectivity index (χ4v) is 1.72. The fraction of sp³-hybridized carbons (Fsp3) is 0.333. The standard InChI is InChI=1S/C12H14N4O3/c1-7(2)9(12(18)19)15-11(17)8-6-14-16-5-3-4-13-10(8)16/h3-7,9H,1-2H3,(H,15,17)(H,18,19). The Bertz CT molecular complexity index is 620. The lowest BCUT2D eigenvalue weighted by atomic mass is 10.0. The number of carboxylic acids is 1. The van der Waals surface area contributed by atoms with E-state index >= 15 is 0 Å². The van der Waals surface area contributed by atoms with Crippen molar-refractivity contribution in [3.63, 3.8) is 0 Å². The molecular weight excluding hydrogens is 248 g/mol. The van der Waals surface area contributed by atoms with Crippen molar-refractivity contribution in [1.29, 1.82) is 0 Å². The van der Waals surface area contributed by atoms with Gasteiger partial charge in [0, 0.05) is 12.4 Å². The summed E-state index contributed by atoms with van der Waals surface area (Å²) in [5.74, 6) is -1.76. The van der Waals surface area contributed by atoms with E-state index in [1.165, 1.54) is 10.7 Å². The zero-order valence-electron chi connectivity index (χ0n) is 10.6. The Morgan fingerprint density at radius 1 is 1.42 bits per heavy atom. The highest BCUT2D eigenvalue weighted by atomic mass is 16.4. The van der Waals surface area contributed by atoms with Crippen LogP contribution in [0.1, 0.15) is 24.2 Å². The number of carboxylic acid groups (broad SMARTS) is 1. The van der Waals surface area contributed by atoms with Crippen LogP contribution in [0.2, 0.25) is 0 Å². The highest BCUT2D eigenvalue weighted by molar-refractivity contribution is 6.01. The van der Waals surface area contributed by atoms with Gasteiger partial charge in [-0.05, 0) is 12.0 Å². The lowest BCUT2D eigenvalue weighted by Crippen LogP contribution is -2.44. The van der Waals surface area contributed by atoms with Crippen molar-refractivity contribution in [2.75, 3.05) is 0 Å². The molecule has 0 bridgehead atoms. The van der Waals surface area contributed by atoms with Crippen LogP contribution in [0.3, 0.4) is 0 Å². The number of nitrogens with zero attached hydrogens (tertiary/aromatic N) is 3. The molecule has 2 heterocycles. The predicted octanol–water partition coefficient (Wildman–Crippen LogP) is 0.568. The van der Waals surface area contributed by atoms with E-state index in [1.54, 1.807) is 32.3 Å². The third-order valence-corrected chi connectivity index (χ3v) is 2.74. The Hall–Kier alpha value is -2.44. The largest absolute Gasteiger partial charge is 0.480 e. The Labute approximate surface area is 109 Å². The Kier molecular flexibility index (Phi) is 3.46. The van der Waals surface area contributed by atoms with Crippen LogP contribution in [0, 0.1) is 5.92 Å². The first kappa shape index (κ1) is 13.0. The van der Waals surface area contributed by atoms with Crippen LogP contribution in [-0.2, 0) is 4.79 Å². The van der Waals surface area contributed by atoms with Crippen molar-refractivity contribution in [2.24, 2.45) is 5.92 Å². The number of rotatable bonds is 4. The summed E-state index contributed by atoms with van der Waals surface area (Å²) < 4.78 is 1.46. The molecule has 7 heteroatoms. The predicted molar refractivity (Wildman–Crippen MR) is 66.7 cm³/mol. The minimum atomic E-state index is -1.06. The summed E-state index contributed by atoms with van der Waals surface area (Å²) in [7, 11) is 0. The topological polar surface area (TPSA) is 96.6 Å². The molecule has 0 saturated carbocycles. The number of aliphatic carboxylic acids is 1. The van der Waals surface area contributed by atoms with E-state index < -0.39 is 17.9 Å². The van der Waals surface area contributed by atoms with Gasteiger partial charge in [-0.1, -0.05) is 13.8 Å². The maximum absolute atomic E-state index is 12.1. The summed E-state index contributed by atoms with van der Waals surface area (Å²) in [5, 5.41) is 15.5. The molecule has 2 N–H and O–H groups in total. The van der Waals surface area contributed by atoms with Gasteiger partial charge in [0.15, 0.2) is 5.65 Å². The molecule has 7 nitrogen and oxygen atoms in total. The molecule has 2 aromatic rings. The van der Waals surface area contributed by atoms with Crippen molar-refractivity contribution in [3.05, 3.63) is 30.2 Å². The summed E-state index contributed by atoms with van der Waals surface area (Å²) in [6.07, 6.45) is 4.58. The number of carbonyl (C=O) groups is 2. The zero-order chi connectivity index (χ0) is 14.0. The summed E-state index contributed by atoms with van der Waals surface area (Å²) >= 11 is 0. The van der Waals surface area contributed by atoms with Crippen LogP contribution >= 0.6 is 0 Å².